The van der Waals surface area contributed by atoms with E-state index >= 15 is 0 Å². The molecule has 0 spiro atoms. The topological polar surface area (TPSA) is 78.2 Å². The van der Waals surface area contributed by atoms with E-state index in [4.69, 9.17) is 0 Å². The Morgan fingerprint density at radius 3 is 2.62 bits per heavy atom. The summed E-state index contributed by atoms with van der Waals surface area (Å²) in [4.78, 5) is 16.1. The van der Waals surface area contributed by atoms with Gasteiger partial charge < -0.3 is 9.94 Å². The van der Waals surface area contributed by atoms with Crippen LogP contribution in [0.2, 0.25) is 0 Å². The van der Waals surface area contributed by atoms with Crippen LogP contribution in [0.3, 0.4) is 0 Å². The van der Waals surface area contributed by atoms with Crippen molar-refractivity contribution in [2.45, 2.75) is 6.36 Å². The Balaban J connectivity index is 1.80. The number of aromatic nitrogens is 2. The zero-order chi connectivity index (χ0) is 17.3. The van der Waals surface area contributed by atoms with Crippen molar-refractivity contribution >= 4 is 32.6 Å². The van der Waals surface area contributed by atoms with Crippen molar-refractivity contribution < 1.29 is 27.4 Å². The molecule has 6 nitrogen and oxygen atoms in total. The third-order valence-electron chi connectivity index (χ3n) is 2.88. The third-order valence-corrected chi connectivity index (χ3v) is 3.81. The first-order valence-electron chi connectivity index (χ1n) is 6.47. The van der Waals surface area contributed by atoms with E-state index in [9.17, 15) is 23.2 Å². The van der Waals surface area contributed by atoms with E-state index in [1.807, 2.05) is 0 Å². The van der Waals surface area contributed by atoms with Gasteiger partial charge in [0, 0.05) is 18.2 Å². The van der Waals surface area contributed by atoms with Crippen LogP contribution in [0.4, 0.5) is 18.3 Å². The van der Waals surface area contributed by atoms with E-state index < -0.39 is 12.3 Å². The van der Waals surface area contributed by atoms with Gasteiger partial charge >= 0.3 is 6.36 Å². The minimum absolute atomic E-state index is 0.220. The minimum Gasteiger partial charge on any atom is -0.619 e. The van der Waals surface area contributed by atoms with Crippen molar-refractivity contribution in [1.82, 2.24) is 4.98 Å². The summed E-state index contributed by atoms with van der Waals surface area (Å²) >= 11 is 1.01. The largest absolute Gasteiger partial charge is 0.619 e. The molecule has 1 N–H and O–H groups in total. The van der Waals surface area contributed by atoms with Gasteiger partial charge in [0.2, 0.25) is 0 Å². The third kappa shape index (κ3) is 3.71. The lowest BCUT2D eigenvalue weighted by Gasteiger charge is -2.07. The number of halogens is 3. The van der Waals surface area contributed by atoms with Crippen LogP contribution in [0.5, 0.6) is 5.75 Å². The van der Waals surface area contributed by atoms with Crippen molar-refractivity contribution in [3.8, 4) is 5.75 Å². The molecule has 0 fully saturated rings. The smallest absolute Gasteiger partial charge is 0.573 e. The number of rotatable bonds is 3. The maximum atomic E-state index is 12.2. The number of thiazole rings is 1. The van der Waals surface area contributed by atoms with Crippen molar-refractivity contribution in [3.05, 3.63) is 53.5 Å². The number of carbonyl (C=O) groups is 1. The monoisotopic (exact) mass is 355 g/mol. The molecule has 0 aliphatic carbocycles. The average Bonchev–Trinajstić information content (AvgIpc) is 2.87. The van der Waals surface area contributed by atoms with Crippen molar-refractivity contribution in [2.75, 3.05) is 5.32 Å². The van der Waals surface area contributed by atoms with E-state index in [0.717, 1.165) is 17.4 Å². The van der Waals surface area contributed by atoms with Crippen molar-refractivity contribution in [2.24, 2.45) is 0 Å². The van der Waals surface area contributed by atoms with Crippen LogP contribution in [0, 0.1) is 5.21 Å². The molecule has 2 aromatic heterocycles. The van der Waals surface area contributed by atoms with Gasteiger partial charge in [0.05, 0.1) is 15.8 Å². The molecule has 24 heavy (non-hydrogen) atoms. The van der Waals surface area contributed by atoms with Crippen LogP contribution in [-0.4, -0.2) is 17.3 Å². The molecule has 0 unspecified atom stereocenters. The molecule has 0 atom stereocenters. The van der Waals surface area contributed by atoms with Gasteiger partial charge in [0.25, 0.3) is 5.91 Å². The summed E-state index contributed by atoms with van der Waals surface area (Å²) in [6, 6.07) is 6.38. The van der Waals surface area contributed by atoms with Gasteiger partial charge in [-0.15, -0.1) is 13.2 Å². The Morgan fingerprint density at radius 1 is 1.25 bits per heavy atom. The van der Waals surface area contributed by atoms with E-state index in [-0.39, 0.29) is 16.4 Å². The van der Waals surface area contributed by atoms with Crippen LogP contribution in [0.1, 0.15) is 10.4 Å². The average molecular weight is 355 g/mol. The SMILES string of the molecule is O=C(Nc1nc2ccc(OC(F)(F)F)cc2s1)c1cc[n+]([O-])cc1. The molecule has 0 aliphatic heterocycles. The Bertz CT molecular complexity index is 894. The van der Waals surface area contributed by atoms with E-state index in [1.165, 1.54) is 36.7 Å². The molecule has 0 saturated carbocycles. The Labute approximate surface area is 136 Å². The summed E-state index contributed by atoms with van der Waals surface area (Å²) in [6.45, 7) is 0. The molecule has 1 amide bonds. The first kappa shape index (κ1) is 16.0. The van der Waals surface area contributed by atoms with Gasteiger partial charge in [0.15, 0.2) is 17.5 Å². The zero-order valence-corrected chi connectivity index (χ0v) is 12.5. The number of hydrogen-bond acceptors (Lipinski definition) is 5. The lowest BCUT2D eigenvalue weighted by Crippen LogP contribution is -2.25. The molecule has 3 aromatic rings. The second-order valence-corrected chi connectivity index (χ2v) is 5.63. The maximum absolute atomic E-state index is 12.2. The molecular weight excluding hydrogens is 347 g/mol. The molecule has 0 aliphatic rings. The van der Waals surface area contributed by atoms with Gasteiger partial charge in [-0.25, -0.2) is 4.98 Å². The summed E-state index contributed by atoms with van der Waals surface area (Å²) in [7, 11) is 0. The molecule has 124 valence electrons. The first-order valence-corrected chi connectivity index (χ1v) is 7.28. The molecule has 1 aromatic carbocycles. The predicted molar refractivity (Wildman–Crippen MR) is 79.7 cm³/mol. The Kier molecular flexibility index (Phi) is 3.97. The molecular formula is C14H8F3N3O3S. The normalized spacial score (nSPS) is 11.5. The molecule has 0 saturated heterocycles. The quantitative estimate of drug-likeness (QED) is 0.578. The number of carbonyl (C=O) groups excluding carboxylic acids is 1. The lowest BCUT2D eigenvalue weighted by molar-refractivity contribution is -0.605. The highest BCUT2D eigenvalue weighted by Crippen LogP contribution is 2.31. The van der Waals surface area contributed by atoms with Gasteiger partial charge in [-0.1, -0.05) is 11.3 Å². The predicted octanol–water partition coefficient (Wildman–Crippen LogP) is 3.08. The van der Waals surface area contributed by atoms with Gasteiger partial charge in [-0.05, 0) is 12.1 Å². The summed E-state index contributed by atoms with van der Waals surface area (Å²) in [5.41, 5.74) is 0.678. The summed E-state index contributed by atoms with van der Waals surface area (Å²) in [5, 5.41) is 13.7. The van der Waals surface area contributed by atoms with Crippen LogP contribution >= 0.6 is 11.3 Å². The molecule has 0 bridgehead atoms. The second-order valence-electron chi connectivity index (χ2n) is 4.60. The van der Waals surface area contributed by atoms with Gasteiger partial charge in [0.1, 0.15) is 5.75 Å². The van der Waals surface area contributed by atoms with E-state index in [0.29, 0.717) is 14.9 Å². The Hall–Kier alpha value is -2.88. The summed E-state index contributed by atoms with van der Waals surface area (Å²) < 4.78 is 41.5. The molecule has 10 heteroatoms. The Morgan fingerprint density at radius 2 is 1.96 bits per heavy atom. The number of hydrogen-bond donors (Lipinski definition) is 1. The number of benzene rings is 1. The summed E-state index contributed by atoms with van der Waals surface area (Å²) in [6.07, 6.45) is -2.43. The standard InChI is InChI=1S/C14H8F3N3O3S/c15-14(16,17)23-9-1-2-10-11(7-9)24-13(18-10)19-12(21)8-3-5-20(22)6-4-8/h1-7H,(H,18,19,21). The number of alkyl halides is 3. The van der Waals surface area contributed by atoms with Gasteiger partial charge in [-0.2, -0.15) is 4.73 Å². The second kappa shape index (κ2) is 5.96. The minimum atomic E-state index is -4.78. The fourth-order valence-electron chi connectivity index (χ4n) is 1.89. The van der Waals surface area contributed by atoms with Crippen molar-refractivity contribution in [1.29, 1.82) is 0 Å². The van der Waals surface area contributed by atoms with E-state index in [1.54, 1.807) is 0 Å². The number of pyridine rings is 1. The maximum Gasteiger partial charge on any atom is 0.573 e. The first-order chi connectivity index (χ1) is 11.3. The highest BCUT2D eigenvalue weighted by atomic mass is 32.1. The highest BCUT2D eigenvalue weighted by molar-refractivity contribution is 7.22. The van der Waals surface area contributed by atoms with Crippen molar-refractivity contribution in [3.63, 3.8) is 0 Å². The highest BCUT2D eigenvalue weighted by Gasteiger charge is 2.31. The number of amides is 1. The summed E-state index contributed by atoms with van der Waals surface area (Å²) in [5.74, 6) is -0.846. The fraction of sp³-hybridized carbons (Fsp3) is 0.0714. The lowest BCUT2D eigenvalue weighted by atomic mass is 10.2. The van der Waals surface area contributed by atoms with Crippen LogP contribution < -0.4 is 14.8 Å². The number of nitrogens with zero attached hydrogens (tertiary/aromatic N) is 2. The van der Waals surface area contributed by atoms with Crippen LogP contribution in [0.25, 0.3) is 10.2 Å². The van der Waals surface area contributed by atoms with E-state index in [2.05, 4.69) is 15.0 Å². The van der Waals surface area contributed by atoms with Crippen LogP contribution in [0.15, 0.2) is 42.7 Å². The molecule has 0 radical (unpaired) electrons. The number of ether oxygens (including phenoxy) is 1. The van der Waals surface area contributed by atoms with Crippen LogP contribution in [-0.2, 0) is 0 Å². The fourth-order valence-corrected chi connectivity index (χ4v) is 2.78. The number of nitrogens with one attached hydrogen (secondary N) is 1. The zero-order valence-electron chi connectivity index (χ0n) is 11.7. The molecule has 3 rings (SSSR count). The number of anilines is 1. The number of fused-ring (bicyclic) bond motifs is 1. The molecule has 2 heterocycles. The van der Waals surface area contributed by atoms with Gasteiger partial charge in [-0.3, -0.25) is 10.1 Å².